The normalized spacial score (nSPS) is 15.9. The molecule has 1 aliphatic rings. The fourth-order valence-corrected chi connectivity index (χ4v) is 4.43. The third kappa shape index (κ3) is 4.85. The first-order chi connectivity index (χ1) is 10.2. The Kier molecular flexibility index (Phi) is 6.76. The van der Waals surface area contributed by atoms with Crippen LogP contribution in [0, 0.1) is 0 Å². The lowest BCUT2D eigenvalue weighted by atomic mass is 9.94. The summed E-state index contributed by atoms with van der Waals surface area (Å²) in [4.78, 5) is 14.5. The zero-order valence-corrected chi connectivity index (χ0v) is 14.4. The van der Waals surface area contributed by atoms with Crippen LogP contribution in [0.25, 0.3) is 0 Å². The zero-order chi connectivity index (χ0) is 15.1. The number of hydrogen-bond acceptors (Lipinski definition) is 6. The van der Waals surface area contributed by atoms with Gasteiger partial charge in [0.1, 0.15) is 0 Å². The SMILES string of the molecule is CCNc1nnc(SCC(=O)N(CC)C2CCCCC2)s1. The molecule has 21 heavy (non-hydrogen) atoms. The number of nitrogens with one attached hydrogen (secondary N) is 1. The molecule has 0 aromatic carbocycles. The molecule has 1 saturated carbocycles. The minimum atomic E-state index is 0.231. The first-order valence-electron chi connectivity index (χ1n) is 7.74. The van der Waals surface area contributed by atoms with Crippen LogP contribution in [0.1, 0.15) is 46.0 Å². The second-order valence-electron chi connectivity index (χ2n) is 5.16. The maximum absolute atomic E-state index is 12.4. The molecule has 5 nitrogen and oxygen atoms in total. The van der Waals surface area contributed by atoms with Gasteiger partial charge in [-0.1, -0.05) is 42.4 Å². The molecule has 1 amide bonds. The summed E-state index contributed by atoms with van der Waals surface area (Å²) in [6.45, 7) is 5.75. The number of carbonyl (C=O) groups excluding carboxylic acids is 1. The minimum absolute atomic E-state index is 0.231. The average molecular weight is 329 g/mol. The summed E-state index contributed by atoms with van der Waals surface area (Å²) < 4.78 is 0.860. The van der Waals surface area contributed by atoms with E-state index in [1.54, 1.807) is 0 Å². The second-order valence-corrected chi connectivity index (χ2v) is 7.36. The highest BCUT2D eigenvalue weighted by Crippen LogP contribution is 2.27. The van der Waals surface area contributed by atoms with Crippen LogP contribution in [0.5, 0.6) is 0 Å². The largest absolute Gasteiger partial charge is 0.360 e. The molecule has 1 fully saturated rings. The number of amides is 1. The molecular formula is C14H24N4OS2. The van der Waals surface area contributed by atoms with E-state index in [0.29, 0.717) is 11.8 Å². The van der Waals surface area contributed by atoms with E-state index < -0.39 is 0 Å². The van der Waals surface area contributed by atoms with Crippen molar-refractivity contribution < 1.29 is 4.79 Å². The number of anilines is 1. The number of hydrogen-bond donors (Lipinski definition) is 1. The van der Waals surface area contributed by atoms with E-state index in [0.717, 1.165) is 35.4 Å². The van der Waals surface area contributed by atoms with Crippen molar-refractivity contribution in [1.29, 1.82) is 0 Å². The molecule has 1 aromatic rings. The van der Waals surface area contributed by atoms with E-state index in [2.05, 4.69) is 27.3 Å². The molecule has 2 rings (SSSR count). The van der Waals surface area contributed by atoms with Gasteiger partial charge in [-0.3, -0.25) is 4.79 Å². The molecular weight excluding hydrogens is 304 g/mol. The fourth-order valence-electron chi connectivity index (χ4n) is 2.73. The van der Waals surface area contributed by atoms with Crippen LogP contribution in [-0.2, 0) is 4.79 Å². The molecule has 0 bridgehead atoms. The van der Waals surface area contributed by atoms with Gasteiger partial charge in [0.2, 0.25) is 11.0 Å². The van der Waals surface area contributed by atoms with Crippen molar-refractivity contribution >= 4 is 34.1 Å². The smallest absolute Gasteiger partial charge is 0.233 e. The average Bonchev–Trinajstić information content (AvgIpc) is 2.95. The van der Waals surface area contributed by atoms with Crippen molar-refractivity contribution in [1.82, 2.24) is 15.1 Å². The fraction of sp³-hybridized carbons (Fsp3) is 0.786. The van der Waals surface area contributed by atoms with Gasteiger partial charge in [0.25, 0.3) is 0 Å². The van der Waals surface area contributed by atoms with E-state index in [4.69, 9.17) is 0 Å². The van der Waals surface area contributed by atoms with Crippen LogP contribution < -0.4 is 5.32 Å². The van der Waals surface area contributed by atoms with E-state index in [-0.39, 0.29) is 5.91 Å². The maximum Gasteiger partial charge on any atom is 0.233 e. The first kappa shape index (κ1) is 16.5. The van der Waals surface area contributed by atoms with Gasteiger partial charge in [0.15, 0.2) is 4.34 Å². The Bertz CT molecular complexity index is 446. The van der Waals surface area contributed by atoms with Gasteiger partial charge in [0.05, 0.1) is 5.75 Å². The summed E-state index contributed by atoms with van der Waals surface area (Å²) in [6.07, 6.45) is 6.14. The Morgan fingerprint density at radius 2 is 2.10 bits per heavy atom. The quantitative estimate of drug-likeness (QED) is 0.779. The Morgan fingerprint density at radius 3 is 2.76 bits per heavy atom. The highest BCUT2D eigenvalue weighted by atomic mass is 32.2. The second kappa shape index (κ2) is 8.58. The molecule has 1 N–H and O–H groups in total. The molecule has 118 valence electrons. The van der Waals surface area contributed by atoms with Gasteiger partial charge in [-0.15, -0.1) is 10.2 Å². The third-order valence-corrected chi connectivity index (χ3v) is 5.73. The highest BCUT2D eigenvalue weighted by Gasteiger charge is 2.24. The third-order valence-electron chi connectivity index (χ3n) is 3.73. The van der Waals surface area contributed by atoms with E-state index in [9.17, 15) is 4.79 Å². The van der Waals surface area contributed by atoms with Gasteiger partial charge in [-0.05, 0) is 26.7 Å². The van der Waals surface area contributed by atoms with Crippen LogP contribution >= 0.6 is 23.1 Å². The summed E-state index contributed by atoms with van der Waals surface area (Å²) in [6, 6.07) is 0.448. The van der Waals surface area contributed by atoms with Gasteiger partial charge in [-0.25, -0.2) is 0 Å². The van der Waals surface area contributed by atoms with Crippen LogP contribution in [0.4, 0.5) is 5.13 Å². The Hall–Kier alpha value is -0.820. The molecule has 0 aliphatic heterocycles. The highest BCUT2D eigenvalue weighted by molar-refractivity contribution is 8.01. The van der Waals surface area contributed by atoms with Gasteiger partial charge in [-0.2, -0.15) is 0 Å². The van der Waals surface area contributed by atoms with Crippen molar-refractivity contribution in [2.45, 2.75) is 56.3 Å². The zero-order valence-electron chi connectivity index (χ0n) is 12.8. The van der Waals surface area contributed by atoms with E-state index in [1.165, 1.54) is 42.4 Å². The van der Waals surface area contributed by atoms with Crippen LogP contribution in [-0.4, -0.2) is 45.9 Å². The number of aromatic nitrogens is 2. The van der Waals surface area contributed by atoms with E-state index >= 15 is 0 Å². The van der Waals surface area contributed by atoms with Crippen molar-refractivity contribution in [3.05, 3.63) is 0 Å². The molecule has 0 saturated heterocycles. The summed E-state index contributed by atoms with van der Waals surface area (Å²) in [5, 5.41) is 12.1. The Balaban J connectivity index is 1.83. The molecule has 1 heterocycles. The lowest BCUT2D eigenvalue weighted by molar-refractivity contribution is -0.131. The van der Waals surface area contributed by atoms with E-state index in [1.807, 2.05) is 6.92 Å². The van der Waals surface area contributed by atoms with Crippen molar-refractivity contribution in [2.24, 2.45) is 0 Å². The summed E-state index contributed by atoms with van der Waals surface area (Å²) in [5.41, 5.74) is 0. The molecule has 0 unspecified atom stereocenters. The lowest BCUT2D eigenvalue weighted by Gasteiger charge is -2.33. The van der Waals surface area contributed by atoms with Crippen molar-refractivity contribution in [3.63, 3.8) is 0 Å². The summed E-state index contributed by atoms with van der Waals surface area (Å²) in [5.74, 6) is 0.695. The monoisotopic (exact) mass is 328 g/mol. The molecule has 0 spiro atoms. The molecule has 7 heteroatoms. The Labute approximate surface area is 134 Å². The predicted octanol–water partition coefficient (Wildman–Crippen LogP) is 3.24. The number of thioether (sulfide) groups is 1. The van der Waals surface area contributed by atoms with Gasteiger partial charge >= 0.3 is 0 Å². The Morgan fingerprint density at radius 1 is 1.33 bits per heavy atom. The van der Waals surface area contributed by atoms with Gasteiger partial charge < -0.3 is 10.2 Å². The lowest BCUT2D eigenvalue weighted by Crippen LogP contribution is -2.42. The van der Waals surface area contributed by atoms with Gasteiger partial charge in [0, 0.05) is 19.1 Å². The van der Waals surface area contributed by atoms with Crippen LogP contribution in [0.2, 0.25) is 0 Å². The van der Waals surface area contributed by atoms with Crippen LogP contribution in [0.15, 0.2) is 4.34 Å². The summed E-state index contributed by atoms with van der Waals surface area (Å²) >= 11 is 3.01. The van der Waals surface area contributed by atoms with Crippen LogP contribution in [0.3, 0.4) is 0 Å². The molecule has 0 atom stereocenters. The first-order valence-corrected chi connectivity index (χ1v) is 9.54. The number of carbonyl (C=O) groups is 1. The molecule has 0 radical (unpaired) electrons. The number of rotatable bonds is 7. The molecule has 1 aliphatic carbocycles. The standard InChI is InChI=1S/C14H24N4OS2/c1-3-15-13-16-17-14(21-13)20-10-12(19)18(4-2)11-8-6-5-7-9-11/h11H,3-10H2,1-2H3,(H,15,16). The molecule has 1 aromatic heterocycles. The van der Waals surface area contributed by atoms with Crippen molar-refractivity contribution in [2.75, 3.05) is 24.2 Å². The topological polar surface area (TPSA) is 58.1 Å². The number of nitrogens with zero attached hydrogens (tertiary/aromatic N) is 3. The predicted molar refractivity (Wildman–Crippen MR) is 89.1 cm³/mol. The summed E-state index contributed by atoms with van der Waals surface area (Å²) in [7, 11) is 0. The minimum Gasteiger partial charge on any atom is -0.360 e. The van der Waals surface area contributed by atoms with Crippen molar-refractivity contribution in [3.8, 4) is 0 Å². The maximum atomic E-state index is 12.4.